The third kappa shape index (κ3) is 6.95. The molecule has 6 heteroatoms. The van der Waals surface area contributed by atoms with Gasteiger partial charge in [0, 0.05) is 11.3 Å². The summed E-state index contributed by atoms with van der Waals surface area (Å²) in [5, 5.41) is 0. The minimum absolute atomic E-state index is 0.103. The highest BCUT2D eigenvalue weighted by atomic mass is 16.5. The van der Waals surface area contributed by atoms with Crippen molar-refractivity contribution in [2.24, 2.45) is 0 Å². The summed E-state index contributed by atoms with van der Waals surface area (Å²) in [5.41, 5.74) is 1.04. The highest BCUT2D eigenvalue weighted by molar-refractivity contribution is 5.83. The third-order valence-corrected chi connectivity index (χ3v) is 2.75. The average molecular weight is 321 g/mol. The molecule has 0 amide bonds. The number of hydrogen-bond donors (Lipinski definition) is 0. The molecule has 1 aromatic rings. The van der Waals surface area contributed by atoms with E-state index < -0.39 is 11.9 Å². The number of benzene rings is 1. The van der Waals surface area contributed by atoms with Crippen LogP contribution in [0, 0.1) is 0 Å². The fourth-order valence-electron chi connectivity index (χ4n) is 1.95. The number of ether oxygens (including phenoxy) is 2. The molecule has 0 unspecified atom stereocenters. The van der Waals surface area contributed by atoms with Crippen LogP contribution in [0.5, 0.6) is 0 Å². The molecule has 1 rings (SSSR count). The normalized spacial score (nSPS) is 10.5. The van der Waals surface area contributed by atoms with Crippen LogP contribution in [0.15, 0.2) is 24.3 Å². The number of carbonyl (C=O) groups excluding carboxylic acids is 3. The first-order valence-electron chi connectivity index (χ1n) is 7.51. The lowest BCUT2D eigenvalue weighted by molar-refractivity contribution is -0.146. The molecule has 0 aliphatic heterocycles. The molecule has 0 saturated carbocycles. The predicted molar refractivity (Wildman–Crippen MR) is 86.5 cm³/mol. The summed E-state index contributed by atoms with van der Waals surface area (Å²) in [7, 11) is 0. The number of rotatable bonds is 8. The van der Waals surface area contributed by atoms with E-state index in [1.165, 1.54) is 4.90 Å². The Morgan fingerprint density at radius 3 is 2.00 bits per heavy atom. The van der Waals surface area contributed by atoms with Crippen molar-refractivity contribution in [2.45, 2.75) is 39.9 Å². The first kappa shape index (κ1) is 18.7. The van der Waals surface area contributed by atoms with Gasteiger partial charge in [-0.25, -0.2) is 0 Å². The van der Waals surface area contributed by atoms with Gasteiger partial charge in [0.2, 0.25) is 0 Å². The Morgan fingerprint density at radius 1 is 1.04 bits per heavy atom. The SMILES string of the molecule is CC(C)OC(=O)CN(CC(=O)OC(C)C)c1cccc(C=O)c1. The zero-order valence-electron chi connectivity index (χ0n) is 13.9. The van der Waals surface area contributed by atoms with E-state index in [0.29, 0.717) is 17.5 Å². The summed E-state index contributed by atoms with van der Waals surface area (Å²) < 4.78 is 10.2. The second kappa shape index (κ2) is 8.92. The summed E-state index contributed by atoms with van der Waals surface area (Å²) in [6, 6.07) is 6.66. The Balaban J connectivity index is 2.92. The van der Waals surface area contributed by atoms with Crippen molar-refractivity contribution < 1.29 is 23.9 Å². The van der Waals surface area contributed by atoms with Crippen LogP contribution in [0.4, 0.5) is 5.69 Å². The summed E-state index contributed by atoms with van der Waals surface area (Å²) >= 11 is 0. The molecule has 0 bridgehead atoms. The second-order valence-corrected chi connectivity index (χ2v) is 5.65. The Kier molecular flexibility index (Phi) is 7.25. The molecule has 0 atom stereocenters. The molecule has 0 fully saturated rings. The number of aldehydes is 1. The zero-order valence-corrected chi connectivity index (χ0v) is 13.9. The third-order valence-electron chi connectivity index (χ3n) is 2.75. The van der Waals surface area contributed by atoms with Gasteiger partial charge < -0.3 is 14.4 Å². The van der Waals surface area contributed by atoms with Crippen molar-refractivity contribution in [1.82, 2.24) is 0 Å². The monoisotopic (exact) mass is 321 g/mol. The molecule has 1 aromatic carbocycles. The quantitative estimate of drug-likeness (QED) is 0.540. The number of nitrogens with zero attached hydrogens (tertiary/aromatic N) is 1. The van der Waals surface area contributed by atoms with Crippen LogP contribution in [0.25, 0.3) is 0 Å². The summed E-state index contributed by atoms with van der Waals surface area (Å²) in [6.07, 6.45) is 0.224. The number of esters is 2. The standard InChI is InChI=1S/C17H23NO5/c1-12(2)22-16(20)9-18(10-17(21)23-13(3)4)15-7-5-6-14(8-15)11-19/h5-8,11-13H,9-10H2,1-4H3. The van der Waals surface area contributed by atoms with Crippen LogP contribution < -0.4 is 4.90 Å². The van der Waals surface area contributed by atoms with E-state index in [1.807, 2.05) is 0 Å². The summed E-state index contributed by atoms with van der Waals surface area (Å²) in [4.78, 5) is 36.3. The fourth-order valence-corrected chi connectivity index (χ4v) is 1.95. The molecule has 0 N–H and O–H groups in total. The van der Waals surface area contributed by atoms with Crippen molar-refractivity contribution in [2.75, 3.05) is 18.0 Å². The van der Waals surface area contributed by atoms with E-state index in [2.05, 4.69) is 0 Å². The molecule has 0 aliphatic rings. The van der Waals surface area contributed by atoms with Gasteiger partial charge in [0.15, 0.2) is 0 Å². The Labute approximate surface area is 136 Å². The second-order valence-electron chi connectivity index (χ2n) is 5.65. The summed E-state index contributed by atoms with van der Waals surface area (Å²) in [5.74, 6) is -0.900. The lowest BCUT2D eigenvalue weighted by Gasteiger charge is -2.24. The smallest absolute Gasteiger partial charge is 0.325 e. The van der Waals surface area contributed by atoms with Gasteiger partial charge in [-0.15, -0.1) is 0 Å². The van der Waals surface area contributed by atoms with Crippen LogP contribution >= 0.6 is 0 Å². The number of carbonyl (C=O) groups is 3. The van der Waals surface area contributed by atoms with E-state index >= 15 is 0 Å². The van der Waals surface area contributed by atoms with Gasteiger partial charge in [-0.3, -0.25) is 14.4 Å². The lowest BCUT2D eigenvalue weighted by Crippen LogP contribution is -2.37. The first-order chi connectivity index (χ1) is 10.8. The maximum Gasteiger partial charge on any atom is 0.325 e. The van der Waals surface area contributed by atoms with Crippen molar-refractivity contribution in [3.05, 3.63) is 29.8 Å². The van der Waals surface area contributed by atoms with Crippen LogP contribution in [0.1, 0.15) is 38.1 Å². The van der Waals surface area contributed by atoms with Crippen molar-refractivity contribution >= 4 is 23.9 Å². The maximum absolute atomic E-state index is 11.9. The highest BCUT2D eigenvalue weighted by Crippen LogP contribution is 2.16. The molecule has 0 radical (unpaired) electrons. The average Bonchev–Trinajstić information content (AvgIpc) is 2.45. The number of hydrogen-bond acceptors (Lipinski definition) is 6. The molecule has 0 aromatic heterocycles. The largest absolute Gasteiger partial charge is 0.462 e. The molecule has 6 nitrogen and oxygen atoms in total. The van der Waals surface area contributed by atoms with Crippen LogP contribution in [0.3, 0.4) is 0 Å². The molecule has 0 aliphatic carbocycles. The Hall–Kier alpha value is -2.37. The molecule has 0 saturated heterocycles. The molecule has 0 spiro atoms. The Morgan fingerprint density at radius 2 is 1.57 bits per heavy atom. The predicted octanol–water partition coefficient (Wildman–Crippen LogP) is 2.21. The van der Waals surface area contributed by atoms with E-state index in [-0.39, 0.29) is 25.3 Å². The molecule has 126 valence electrons. The van der Waals surface area contributed by atoms with Gasteiger partial charge >= 0.3 is 11.9 Å². The van der Waals surface area contributed by atoms with Crippen molar-refractivity contribution in [3.8, 4) is 0 Å². The minimum atomic E-state index is -0.450. The molecule has 0 heterocycles. The number of anilines is 1. The molecular formula is C17H23NO5. The van der Waals surface area contributed by atoms with E-state index in [0.717, 1.165) is 0 Å². The van der Waals surface area contributed by atoms with Crippen molar-refractivity contribution in [1.29, 1.82) is 0 Å². The van der Waals surface area contributed by atoms with Crippen LogP contribution in [0.2, 0.25) is 0 Å². The van der Waals surface area contributed by atoms with Gasteiger partial charge in [0.05, 0.1) is 12.2 Å². The lowest BCUT2D eigenvalue weighted by atomic mass is 10.2. The first-order valence-corrected chi connectivity index (χ1v) is 7.51. The summed E-state index contributed by atoms with van der Waals surface area (Å²) in [6.45, 7) is 6.80. The zero-order chi connectivity index (χ0) is 17.4. The van der Waals surface area contributed by atoms with E-state index in [9.17, 15) is 14.4 Å². The van der Waals surface area contributed by atoms with E-state index in [1.54, 1.807) is 52.0 Å². The van der Waals surface area contributed by atoms with Gasteiger partial charge in [-0.05, 0) is 39.8 Å². The van der Waals surface area contributed by atoms with Gasteiger partial charge in [-0.2, -0.15) is 0 Å². The van der Waals surface area contributed by atoms with E-state index in [4.69, 9.17) is 9.47 Å². The molecule has 23 heavy (non-hydrogen) atoms. The van der Waals surface area contributed by atoms with Gasteiger partial charge in [0.1, 0.15) is 19.4 Å². The fraction of sp³-hybridized carbons (Fsp3) is 0.471. The highest BCUT2D eigenvalue weighted by Gasteiger charge is 2.18. The van der Waals surface area contributed by atoms with Crippen LogP contribution in [-0.2, 0) is 19.1 Å². The van der Waals surface area contributed by atoms with Crippen molar-refractivity contribution in [3.63, 3.8) is 0 Å². The van der Waals surface area contributed by atoms with Gasteiger partial charge in [0.25, 0.3) is 0 Å². The maximum atomic E-state index is 11.9. The van der Waals surface area contributed by atoms with Gasteiger partial charge in [-0.1, -0.05) is 12.1 Å². The molecular weight excluding hydrogens is 298 g/mol. The van der Waals surface area contributed by atoms with Crippen LogP contribution in [-0.4, -0.2) is 43.5 Å². The Bertz CT molecular complexity index is 530. The minimum Gasteiger partial charge on any atom is -0.462 e. The topological polar surface area (TPSA) is 72.9 Å².